The van der Waals surface area contributed by atoms with Crippen LogP contribution in [0.2, 0.25) is 0 Å². The largest absolute Gasteiger partial charge is 0.318 e. The second-order valence-corrected chi connectivity index (χ2v) is 7.47. The van der Waals surface area contributed by atoms with Gasteiger partial charge in [0.15, 0.2) is 0 Å². The molecular weight excluding hydrogens is 268 g/mol. The molecule has 4 heteroatoms. The molecule has 1 aliphatic heterocycles. The van der Waals surface area contributed by atoms with Gasteiger partial charge in [0.1, 0.15) is 6.17 Å². The summed E-state index contributed by atoms with van der Waals surface area (Å²) in [5.41, 5.74) is -0.410. The molecule has 3 nitrogen and oxygen atoms in total. The fourth-order valence-electron chi connectivity index (χ4n) is 3.15. The number of hydrogen-bond donors (Lipinski definition) is 1. The maximum Gasteiger partial charge on any atom is 0.244 e. The van der Waals surface area contributed by atoms with Gasteiger partial charge >= 0.3 is 0 Å². The summed E-state index contributed by atoms with van der Waals surface area (Å²) in [6.45, 7) is 6.34. The van der Waals surface area contributed by atoms with E-state index in [1.54, 1.807) is 11.3 Å². The Kier molecular flexibility index (Phi) is 3.63. The normalized spacial score (nSPS) is 31.9. The molecule has 0 spiro atoms. The number of amides is 1. The SMILES string of the molecule is CCC1(C)NC(c2cccs2)N(C(C)CC2CC2)C1=O. The van der Waals surface area contributed by atoms with Crippen LogP contribution in [-0.2, 0) is 4.79 Å². The third-order valence-electron chi connectivity index (χ3n) is 4.81. The fraction of sp³-hybridized carbons (Fsp3) is 0.688. The lowest BCUT2D eigenvalue weighted by Crippen LogP contribution is -2.44. The molecule has 3 unspecified atom stereocenters. The van der Waals surface area contributed by atoms with E-state index in [0.717, 1.165) is 18.8 Å². The molecule has 20 heavy (non-hydrogen) atoms. The molecule has 1 saturated carbocycles. The molecule has 2 heterocycles. The van der Waals surface area contributed by atoms with Crippen molar-refractivity contribution in [2.45, 2.75) is 64.2 Å². The average Bonchev–Trinajstić information content (AvgIpc) is 2.99. The monoisotopic (exact) mass is 292 g/mol. The molecule has 0 bridgehead atoms. The maximum absolute atomic E-state index is 12.9. The lowest BCUT2D eigenvalue weighted by Gasteiger charge is -2.30. The van der Waals surface area contributed by atoms with Crippen LogP contribution in [0, 0.1) is 5.92 Å². The maximum atomic E-state index is 12.9. The standard InChI is InChI=1S/C16H24N2OS/c1-4-16(3)15(19)18(11(2)10-12-7-8-12)14(17-16)13-6-5-9-20-13/h5-6,9,11-12,14,17H,4,7-8,10H2,1-3H3. The van der Waals surface area contributed by atoms with Crippen LogP contribution in [0.5, 0.6) is 0 Å². The minimum Gasteiger partial charge on any atom is -0.318 e. The Balaban J connectivity index is 1.87. The summed E-state index contributed by atoms with van der Waals surface area (Å²) in [5.74, 6) is 1.11. The summed E-state index contributed by atoms with van der Waals surface area (Å²) < 4.78 is 0. The molecule has 1 aliphatic carbocycles. The summed E-state index contributed by atoms with van der Waals surface area (Å²) >= 11 is 1.73. The zero-order chi connectivity index (χ0) is 14.3. The number of hydrogen-bond acceptors (Lipinski definition) is 3. The average molecular weight is 292 g/mol. The Morgan fingerprint density at radius 3 is 2.85 bits per heavy atom. The van der Waals surface area contributed by atoms with Crippen LogP contribution < -0.4 is 5.32 Å². The molecule has 3 atom stereocenters. The highest BCUT2D eigenvalue weighted by Gasteiger charge is 2.49. The first-order valence-corrected chi connectivity index (χ1v) is 8.57. The first-order chi connectivity index (χ1) is 9.55. The van der Waals surface area contributed by atoms with Crippen molar-refractivity contribution in [3.8, 4) is 0 Å². The molecular formula is C16H24N2OS. The highest BCUT2D eigenvalue weighted by molar-refractivity contribution is 7.10. The number of nitrogens with zero attached hydrogens (tertiary/aromatic N) is 1. The number of nitrogens with one attached hydrogen (secondary N) is 1. The van der Waals surface area contributed by atoms with Crippen LogP contribution in [0.25, 0.3) is 0 Å². The van der Waals surface area contributed by atoms with Crippen LogP contribution in [0.1, 0.15) is 57.5 Å². The third-order valence-corrected chi connectivity index (χ3v) is 5.73. The number of thiophene rings is 1. The molecule has 1 aromatic rings. The van der Waals surface area contributed by atoms with Crippen molar-refractivity contribution in [3.63, 3.8) is 0 Å². The summed E-state index contributed by atoms with van der Waals surface area (Å²) in [6.07, 6.45) is 4.72. The van der Waals surface area contributed by atoms with Crippen LogP contribution in [0.15, 0.2) is 17.5 Å². The van der Waals surface area contributed by atoms with E-state index in [9.17, 15) is 4.79 Å². The van der Waals surface area contributed by atoms with Crippen molar-refractivity contribution in [1.29, 1.82) is 0 Å². The number of carbonyl (C=O) groups is 1. The van der Waals surface area contributed by atoms with E-state index < -0.39 is 5.54 Å². The molecule has 0 aromatic carbocycles. The van der Waals surface area contributed by atoms with E-state index >= 15 is 0 Å². The Morgan fingerprint density at radius 2 is 2.30 bits per heavy atom. The van der Waals surface area contributed by atoms with Gasteiger partial charge in [0, 0.05) is 10.9 Å². The van der Waals surface area contributed by atoms with Crippen molar-refractivity contribution in [1.82, 2.24) is 10.2 Å². The van der Waals surface area contributed by atoms with Crippen molar-refractivity contribution in [3.05, 3.63) is 22.4 Å². The van der Waals surface area contributed by atoms with Gasteiger partial charge in [-0.1, -0.05) is 25.8 Å². The smallest absolute Gasteiger partial charge is 0.244 e. The van der Waals surface area contributed by atoms with Crippen LogP contribution >= 0.6 is 11.3 Å². The minimum absolute atomic E-state index is 0.0567. The quantitative estimate of drug-likeness (QED) is 0.900. The lowest BCUT2D eigenvalue weighted by molar-refractivity contribution is -0.135. The van der Waals surface area contributed by atoms with Gasteiger partial charge in [-0.15, -0.1) is 11.3 Å². The van der Waals surface area contributed by atoms with E-state index in [0.29, 0.717) is 6.04 Å². The van der Waals surface area contributed by atoms with Gasteiger partial charge in [-0.05, 0) is 44.1 Å². The number of carbonyl (C=O) groups excluding carboxylic acids is 1. The Labute approximate surface area is 125 Å². The lowest BCUT2D eigenvalue weighted by atomic mass is 9.98. The first-order valence-electron chi connectivity index (χ1n) is 7.69. The molecule has 1 aromatic heterocycles. The molecule has 1 saturated heterocycles. The molecule has 1 amide bonds. The fourth-order valence-corrected chi connectivity index (χ4v) is 3.92. The van der Waals surface area contributed by atoms with E-state index in [2.05, 4.69) is 41.6 Å². The highest BCUT2D eigenvalue weighted by atomic mass is 32.1. The van der Waals surface area contributed by atoms with Crippen molar-refractivity contribution in [2.24, 2.45) is 5.92 Å². The third kappa shape index (κ3) is 2.40. The molecule has 110 valence electrons. The van der Waals surface area contributed by atoms with Gasteiger partial charge in [-0.25, -0.2) is 0 Å². The Morgan fingerprint density at radius 1 is 1.55 bits per heavy atom. The second-order valence-electron chi connectivity index (χ2n) is 6.49. The van der Waals surface area contributed by atoms with Crippen LogP contribution in [0.3, 0.4) is 0 Å². The summed E-state index contributed by atoms with van der Waals surface area (Å²) in [4.78, 5) is 16.2. The highest BCUT2D eigenvalue weighted by Crippen LogP contribution is 2.40. The van der Waals surface area contributed by atoms with Crippen molar-refractivity contribution in [2.75, 3.05) is 0 Å². The van der Waals surface area contributed by atoms with Gasteiger partial charge in [0.25, 0.3) is 0 Å². The predicted octanol–water partition coefficient (Wildman–Crippen LogP) is 3.54. The van der Waals surface area contributed by atoms with Gasteiger partial charge in [-0.2, -0.15) is 0 Å². The molecule has 2 aliphatic rings. The Hall–Kier alpha value is -0.870. The predicted molar refractivity (Wildman–Crippen MR) is 82.5 cm³/mol. The molecule has 1 N–H and O–H groups in total. The topological polar surface area (TPSA) is 32.3 Å². The zero-order valence-corrected chi connectivity index (χ0v) is 13.4. The van der Waals surface area contributed by atoms with Crippen LogP contribution in [0.4, 0.5) is 0 Å². The summed E-state index contributed by atoms with van der Waals surface area (Å²) in [5, 5.41) is 5.67. The summed E-state index contributed by atoms with van der Waals surface area (Å²) in [6, 6.07) is 4.52. The van der Waals surface area contributed by atoms with E-state index in [1.165, 1.54) is 17.7 Å². The summed E-state index contributed by atoms with van der Waals surface area (Å²) in [7, 11) is 0. The van der Waals surface area contributed by atoms with Crippen LogP contribution in [-0.4, -0.2) is 22.4 Å². The van der Waals surface area contributed by atoms with E-state index in [1.807, 2.05) is 6.92 Å². The van der Waals surface area contributed by atoms with Crippen molar-refractivity contribution < 1.29 is 4.79 Å². The van der Waals surface area contributed by atoms with Gasteiger partial charge in [0.05, 0.1) is 5.54 Å². The van der Waals surface area contributed by atoms with Crippen molar-refractivity contribution >= 4 is 17.2 Å². The first kappa shape index (κ1) is 14.1. The van der Waals surface area contributed by atoms with Gasteiger partial charge in [-0.3, -0.25) is 10.1 Å². The van der Waals surface area contributed by atoms with Gasteiger partial charge < -0.3 is 4.90 Å². The zero-order valence-electron chi connectivity index (χ0n) is 12.6. The molecule has 3 rings (SSSR count). The molecule has 0 radical (unpaired) electrons. The van der Waals surface area contributed by atoms with E-state index in [-0.39, 0.29) is 12.1 Å². The Bertz CT molecular complexity index is 483. The number of rotatable bonds is 5. The van der Waals surface area contributed by atoms with Gasteiger partial charge in [0.2, 0.25) is 5.91 Å². The minimum atomic E-state index is -0.410. The second kappa shape index (κ2) is 5.15. The molecule has 2 fully saturated rings. The van der Waals surface area contributed by atoms with E-state index in [4.69, 9.17) is 0 Å².